The van der Waals surface area contributed by atoms with Crippen LogP contribution in [0.5, 0.6) is 0 Å². The zero-order valence-corrected chi connectivity index (χ0v) is 23.6. The van der Waals surface area contributed by atoms with Gasteiger partial charge in [-0.25, -0.2) is 0 Å². The zero-order chi connectivity index (χ0) is 25.8. The van der Waals surface area contributed by atoms with Crippen molar-refractivity contribution in [1.29, 1.82) is 0 Å². The van der Waals surface area contributed by atoms with Gasteiger partial charge in [0.05, 0.1) is 0 Å². The molecule has 0 aromatic heterocycles. The lowest BCUT2D eigenvalue weighted by Gasteiger charge is -2.18. The summed E-state index contributed by atoms with van der Waals surface area (Å²) in [6.45, 7) is 4.48. The van der Waals surface area contributed by atoms with E-state index in [9.17, 15) is 9.59 Å². The van der Waals surface area contributed by atoms with Crippen molar-refractivity contribution in [3.63, 3.8) is 0 Å². The average molecular weight is 497 g/mol. The summed E-state index contributed by atoms with van der Waals surface area (Å²) in [6, 6.07) is 0. The topological polar surface area (TPSA) is 63.6 Å². The molecule has 1 N–H and O–H groups in total. The highest BCUT2D eigenvalue weighted by Gasteiger charge is 2.14. The van der Waals surface area contributed by atoms with E-state index in [2.05, 4.69) is 13.8 Å². The van der Waals surface area contributed by atoms with Gasteiger partial charge in [0.1, 0.15) is 6.10 Å². The number of aliphatic carboxylic acids is 1. The van der Waals surface area contributed by atoms with Gasteiger partial charge in [-0.2, -0.15) is 0 Å². The fourth-order valence-corrected chi connectivity index (χ4v) is 4.77. The molecule has 0 bridgehead atoms. The third-order valence-corrected chi connectivity index (χ3v) is 7.08. The fraction of sp³-hybridized carbons (Fsp3) is 0.935. The van der Waals surface area contributed by atoms with Gasteiger partial charge in [0.2, 0.25) is 0 Å². The molecule has 35 heavy (non-hydrogen) atoms. The summed E-state index contributed by atoms with van der Waals surface area (Å²) in [5.41, 5.74) is 0. The van der Waals surface area contributed by atoms with E-state index in [1.54, 1.807) is 0 Å². The molecule has 0 aliphatic carbocycles. The van der Waals surface area contributed by atoms with Crippen molar-refractivity contribution in [3.05, 3.63) is 0 Å². The van der Waals surface area contributed by atoms with E-state index in [4.69, 9.17) is 9.84 Å². The average Bonchev–Trinajstić information content (AvgIpc) is 2.83. The molecular formula is C31H60O4. The highest BCUT2D eigenvalue weighted by Crippen LogP contribution is 2.19. The normalized spacial score (nSPS) is 12.1. The lowest BCUT2D eigenvalue weighted by Crippen LogP contribution is -2.18. The second-order valence-corrected chi connectivity index (χ2v) is 10.7. The van der Waals surface area contributed by atoms with E-state index in [1.807, 2.05) is 0 Å². The molecule has 208 valence electrons. The Kier molecular flexibility index (Phi) is 26.7. The number of carbonyl (C=O) groups is 2. The third-order valence-electron chi connectivity index (χ3n) is 7.08. The minimum atomic E-state index is -0.700. The minimum Gasteiger partial charge on any atom is -0.481 e. The SMILES string of the molecule is CCCCCCCCCCCCCCC(CCCCCCCC(=O)O)OC(=O)CCCCCCC. The van der Waals surface area contributed by atoms with Gasteiger partial charge in [0, 0.05) is 12.8 Å². The highest BCUT2D eigenvalue weighted by molar-refractivity contribution is 5.69. The third kappa shape index (κ3) is 27.4. The summed E-state index contributed by atoms with van der Waals surface area (Å²) in [5, 5.41) is 8.74. The number of hydrogen-bond acceptors (Lipinski definition) is 3. The van der Waals surface area contributed by atoms with Gasteiger partial charge in [-0.3, -0.25) is 9.59 Å². The molecule has 0 spiro atoms. The van der Waals surface area contributed by atoms with E-state index in [-0.39, 0.29) is 18.5 Å². The molecule has 0 fully saturated rings. The van der Waals surface area contributed by atoms with Crippen LogP contribution in [0.25, 0.3) is 0 Å². The molecule has 0 aromatic rings. The predicted octanol–water partition coefficient (Wildman–Crippen LogP) is 10.2. The van der Waals surface area contributed by atoms with Crippen molar-refractivity contribution in [2.45, 2.75) is 187 Å². The minimum absolute atomic E-state index is 0.00751. The molecule has 0 aliphatic heterocycles. The van der Waals surface area contributed by atoms with Crippen LogP contribution in [0.1, 0.15) is 181 Å². The van der Waals surface area contributed by atoms with Crippen LogP contribution in [0, 0.1) is 0 Å². The Labute approximate surface area is 218 Å². The van der Waals surface area contributed by atoms with Gasteiger partial charge in [-0.1, -0.05) is 129 Å². The van der Waals surface area contributed by atoms with Crippen LogP contribution in [0.3, 0.4) is 0 Å². The van der Waals surface area contributed by atoms with E-state index in [0.29, 0.717) is 6.42 Å². The first kappa shape index (κ1) is 33.9. The molecule has 0 aliphatic rings. The number of carboxylic acid groups (broad SMARTS) is 1. The molecule has 0 saturated carbocycles. The van der Waals surface area contributed by atoms with Gasteiger partial charge in [0.15, 0.2) is 0 Å². The number of carboxylic acids is 1. The molecule has 1 atom stereocenters. The molecule has 0 heterocycles. The Morgan fingerprint density at radius 1 is 0.514 bits per heavy atom. The van der Waals surface area contributed by atoms with E-state index >= 15 is 0 Å². The summed E-state index contributed by atoms with van der Waals surface area (Å²) >= 11 is 0. The van der Waals surface area contributed by atoms with Crippen LogP contribution in [0.15, 0.2) is 0 Å². The number of hydrogen-bond donors (Lipinski definition) is 1. The Bertz CT molecular complexity index is 463. The first-order chi connectivity index (χ1) is 17.1. The summed E-state index contributed by atoms with van der Waals surface area (Å²) < 4.78 is 5.90. The van der Waals surface area contributed by atoms with Crippen LogP contribution >= 0.6 is 0 Å². The monoisotopic (exact) mass is 496 g/mol. The van der Waals surface area contributed by atoms with Crippen molar-refractivity contribution in [2.24, 2.45) is 0 Å². The molecule has 4 heteroatoms. The van der Waals surface area contributed by atoms with Crippen LogP contribution in [0.2, 0.25) is 0 Å². The summed E-state index contributed by atoms with van der Waals surface area (Å²) in [6.07, 6.45) is 29.8. The first-order valence-corrected chi connectivity index (χ1v) is 15.5. The molecular weight excluding hydrogens is 436 g/mol. The van der Waals surface area contributed by atoms with Crippen LogP contribution in [0.4, 0.5) is 0 Å². The molecule has 1 unspecified atom stereocenters. The number of rotatable bonds is 28. The number of ether oxygens (including phenoxy) is 1. The van der Waals surface area contributed by atoms with E-state index in [0.717, 1.165) is 64.2 Å². The molecule has 0 saturated heterocycles. The smallest absolute Gasteiger partial charge is 0.306 e. The van der Waals surface area contributed by atoms with Crippen molar-refractivity contribution < 1.29 is 19.4 Å². The van der Waals surface area contributed by atoms with Crippen molar-refractivity contribution >= 4 is 11.9 Å². The second-order valence-electron chi connectivity index (χ2n) is 10.7. The van der Waals surface area contributed by atoms with Crippen LogP contribution < -0.4 is 0 Å². The summed E-state index contributed by atoms with van der Waals surface area (Å²) in [7, 11) is 0. The standard InChI is InChI=1S/C31H60O4/c1-3-5-7-9-10-11-12-13-14-15-18-21-25-29(26-22-19-16-20-23-27-30(32)33)35-31(34)28-24-17-8-6-4-2/h29H,3-28H2,1-2H3,(H,32,33). The van der Waals surface area contributed by atoms with Crippen molar-refractivity contribution in [1.82, 2.24) is 0 Å². The Morgan fingerprint density at radius 3 is 1.26 bits per heavy atom. The molecule has 0 rings (SSSR count). The molecule has 4 nitrogen and oxygen atoms in total. The lowest BCUT2D eigenvalue weighted by atomic mass is 10.0. The maximum Gasteiger partial charge on any atom is 0.306 e. The highest BCUT2D eigenvalue weighted by atomic mass is 16.5. The Morgan fingerprint density at radius 2 is 0.857 bits per heavy atom. The fourth-order valence-electron chi connectivity index (χ4n) is 4.77. The Balaban J connectivity index is 3.99. The maximum atomic E-state index is 12.4. The van der Waals surface area contributed by atoms with Crippen molar-refractivity contribution in [2.75, 3.05) is 0 Å². The molecule has 0 amide bonds. The van der Waals surface area contributed by atoms with Gasteiger partial charge in [-0.15, -0.1) is 0 Å². The van der Waals surface area contributed by atoms with Gasteiger partial charge in [0.25, 0.3) is 0 Å². The summed E-state index contributed by atoms with van der Waals surface area (Å²) in [4.78, 5) is 23.0. The van der Waals surface area contributed by atoms with Gasteiger partial charge < -0.3 is 9.84 Å². The maximum absolute atomic E-state index is 12.4. The summed E-state index contributed by atoms with van der Waals surface area (Å²) in [5.74, 6) is -0.707. The first-order valence-electron chi connectivity index (χ1n) is 15.5. The molecule has 0 aromatic carbocycles. The zero-order valence-electron chi connectivity index (χ0n) is 23.6. The second kappa shape index (κ2) is 27.5. The molecule has 0 radical (unpaired) electrons. The van der Waals surface area contributed by atoms with Crippen molar-refractivity contribution in [3.8, 4) is 0 Å². The lowest BCUT2D eigenvalue weighted by molar-refractivity contribution is -0.150. The van der Waals surface area contributed by atoms with Crippen LogP contribution in [-0.4, -0.2) is 23.1 Å². The van der Waals surface area contributed by atoms with Gasteiger partial charge >= 0.3 is 11.9 Å². The predicted molar refractivity (Wildman–Crippen MR) is 149 cm³/mol. The van der Waals surface area contributed by atoms with Crippen LogP contribution in [-0.2, 0) is 14.3 Å². The Hall–Kier alpha value is -1.06. The quantitative estimate of drug-likeness (QED) is 0.0864. The largest absolute Gasteiger partial charge is 0.481 e. The number of unbranched alkanes of at least 4 members (excludes halogenated alkanes) is 19. The number of carbonyl (C=O) groups excluding carboxylic acids is 1. The van der Waals surface area contributed by atoms with Gasteiger partial charge in [-0.05, 0) is 38.5 Å². The van der Waals surface area contributed by atoms with E-state index < -0.39 is 5.97 Å². The van der Waals surface area contributed by atoms with E-state index in [1.165, 1.54) is 89.9 Å². The number of esters is 1.